The fraction of sp³-hybridized carbons (Fsp3) is 0.0769. The van der Waals surface area contributed by atoms with Crippen molar-refractivity contribution in [2.75, 3.05) is 5.73 Å². The molecule has 3 N–H and O–H groups in total. The molecular formula is C13H12ClNO2. The first kappa shape index (κ1) is 11.6. The molecule has 4 heteroatoms. The van der Waals surface area contributed by atoms with E-state index in [1.165, 1.54) is 0 Å². The van der Waals surface area contributed by atoms with Gasteiger partial charge in [0.25, 0.3) is 0 Å². The Labute approximate surface area is 104 Å². The minimum atomic E-state index is 0.173. The molecule has 0 aliphatic rings. The van der Waals surface area contributed by atoms with E-state index in [0.29, 0.717) is 23.1 Å². The lowest BCUT2D eigenvalue weighted by molar-refractivity contribution is 0.305. The molecule has 0 aliphatic heterocycles. The minimum absolute atomic E-state index is 0.173. The molecule has 0 unspecified atom stereocenters. The number of halogens is 1. The highest BCUT2D eigenvalue weighted by Crippen LogP contribution is 2.22. The van der Waals surface area contributed by atoms with E-state index in [1.54, 1.807) is 36.4 Å². The summed E-state index contributed by atoms with van der Waals surface area (Å²) >= 11 is 5.80. The van der Waals surface area contributed by atoms with Gasteiger partial charge in [-0.15, -0.1) is 0 Å². The topological polar surface area (TPSA) is 55.5 Å². The van der Waals surface area contributed by atoms with Gasteiger partial charge in [-0.1, -0.05) is 23.7 Å². The Hall–Kier alpha value is -1.87. The van der Waals surface area contributed by atoms with Gasteiger partial charge >= 0.3 is 0 Å². The van der Waals surface area contributed by atoms with Crippen LogP contribution in [-0.2, 0) is 6.61 Å². The van der Waals surface area contributed by atoms with E-state index < -0.39 is 0 Å². The van der Waals surface area contributed by atoms with Crippen molar-refractivity contribution in [3.63, 3.8) is 0 Å². The molecule has 0 saturated heterocycles. The van der Waals surface area contributed by atoms with Gasteiger partial charge in [-0.3, -0.25) is 0 Å². The summed E-state index contributed by atoms with van der Waals surface area (Å²) in [7, 11) is 0. The zero-order valence-corrected chi connectivity index (χ0v) is 9.82. The summed E-state index contributed by atoms with van der Waals surface area (Å²) in [6.45, 7) is 0.340. The lowest BCUT2D eigenvalue weighted by Crippen LogP contribution is -1.99. The average molecular weight is 250 g/mol. The third-order valence-electron chi connectivity index (χ3n) is 2.32. The largest absolute Gasteiger partial charge is 0.508 e. The molecule has 0 aromatic heterocycles. The lowest BCUT2D eigenvalue weighted by Gasteiger charge is -2.09. The fourth-order valence-electron chi connectivity index (χ4n) is 1.43. The SMILES string of the molecule is Nc1cc(Cl)ccc1COc1cccc(O)c1. The summed E-state index contributed by atoms with van der Waals surface area (Å²) in [6.07, 6.45) is 0. The highest BCUT2D eigenvalue weighted by Gasteiger charge is 2.02. The summed E-state index contributed by atoms with van der Waals surface area (Å²) in [6, 6.07) is 11.9. The lowest BCUT2D eigenvalue weighted by atomic mass is 10.2. The maximum atomic E-state index is 9.28. The predicted molar refractivity (Wildman–Crippen MR) is 68.3 cm³/mol. The Balaban J connectivity index is 2.07. The molecule has 2 aromatic rings. The zero-order valence-electron chi connectivity index (χ0n) is 9.06. The van der Waals surface area contributed by atoms with E-state index in [-0.39, 0.29) is 5.75 Å². The van der Waals surface area contributed by atoms with Gasteiger partial charge in [-0.2, -0.15) is 0 Å². The van der Waals surface area contributed by atoms with Crippen molar-refractivity contribution < 1.29 is 9.84 Å². The molecule has 0 radical (unpaired) electrons. The molecule has 0 aliphatic carbocycles. The van der Waals surface area contributed by atoms with Crippen LogP contribution in [0.2, 0.25) is 5.02 Å². The van der Waals surface area contributed by atoms with Gasteiger partial charge in [0, 0.05) is 22.3 Å². The number of anilines is 1. The Morgan fingerprint density at radius 3 is 2.71 bits per heavy atom. The summed E-state index contributed by atoms with van der Waals surface area (Å²) in [5.74, 6) is 0.769. The van der Waals surface area contributed by atoms with E-state index in [2.05, 4.69) is 0 Å². The second-order valence-electron chi connectivity index (χ2n) is 3.63. The number of aromatic hydroxyl groups is 1. The second-order valence-corrected chi connectivity index (χ2v) is 4.07. The number of benzene rings is 2. The molecular weight excluding hydrogens is 238 g/mol. The van der Waals surface area contributed by atoms with Crippen LogP contribution in [0.5, 0.6) is 11.5 Å². The molecule has 0 amide bonds. The van der Waals surface area contributed by atoms with Gasteiger partial charge in [0.05, 0.1) is 0 Å². The third kappa shape index (κ3) is 3.04. The first-order valence-corrected chi connectivity index (χ1v) is 5.48. The summed E-state index contributed by atoms with van der Waals surface area (Å²) in [5, 5.41) is 9.88. The molecule has 2 aromatic carbocycles. The Morgan fingerprint density at radius 1 is 1.18 bits per heavy atom. The van der Waals surface area contributed by atoms with Crippen LogP contribution in [0.3, 0.4) is 0 Å². The first-order valence-electron chi connectivity index (χ1n) is 5.11. The number of phenols is 1. The molecule has 0 fully saturated rings. The van der Waals surface area contributed by atoms with Gasteiger partial charge < -0.3 is 15.6 Å². The van der Waals surface area contributed by atoms with Crippen LogP contribution < -0.4 is 10.5 Å². The van der Waals surface area contributed by atoms with Crippen molar-refractivity contribution in [1.82, 2.24) is 0 Å². The van der Waals surface area contributed by atoms with Gasteiger partial charge in [-0.25, -0.2) is 0 Å². The maximum Gasteiger partial charge on any atom is 0.123 e. The maximum absolute atomic E-state index is 9.28. The standard InChI is InChI=1S/C13H12ClNO2/c14-10-5-4-9(13(15)6-10)8-17-12-3-1-2-11(16)7-12/h1-7,16H,8,15H2. The quantitative estimate of drug-likeness (QED) is 0.822. The Bertz CT molecular complexity index is 529. The molecule has 0 saturated carbocycles. The Kier molecular flexibility index (Phi) is 3.40. The van der Waals surface area contributed by atoms with Crippen molar-refractivity contribution in [2.45, 2.75) is 6.61 Å². The smallest absolute Gasteiger partial charge is 0.123 e. The van der Waals surface area contributed by atoms with Crippen LogP contribution >= 0.6 is 11.6 Å². The van der Waals surface area contributed by atoms with Crippen LogP contribution in [0.25, 0.3) is 0 Å². The van der Waals surface area contributed by atoms with Gasteiger partial charge in [-0.05, 0) is 24.3 Å². The Morgan fingerprint density at radius 2 is 2.00 bits per heavy atom. The summed E-state index contributed by atoms with van der Waals surface area (Å²) < 4.78 is 5.51. The molecule has 17 heavy (non-hydrogen) atoms. The molecule has 3 nitrogen and oxygen atoms in total. The molecule has 0 heterocycles. The van der Waals surface area contributed by atoms with E-state index in [9.17, 15) is 5.11 Å². The fourth-order valence-corrected chi connectivity index (χ4v) is 1.61. The molecule has 88 valence electrons. The number of ether oxygens (including phenoxy) is 1. The van der Waals surface area contributed by atoms with Gasteiger partial charge in [0.1, 0.15) is 18.1 Å². The monoisotopic (exact) mass is 249 g/mol. The number of hydrogen-bond donors (Lipinski definition) is 2. The normalized spacial score (nSPS) is 10.2. The van der Waals surface area contributed by atoms with Crippen LogP contribution in [-0.4, -0.2) is 5.11 Å². The van der Waals surface area contributed by atoms with Crippen molar-refractivity contribution in [2.24, 2.45) is 0 Å². The van der Waals surface area contributed by atoms with E-state index >= 15 is 0 Å². The zero-order chi connectivity index (χ0) is 12.3. The van der Waals surface area contributed by atoms with Crippen LogP contribution in [0, 0.1) is 0 Å². The molecule has 2 rings (SSSR count). The number of phenolic OH excluding ortho intramolecular Hbond substituents is 1. The highest BCUT2D eigenvalue weighted by molar-refractivity contribution is 6.30. The third-order valence-corrected chi connectivity index (χ3v) is 2.55. The van der Waals surface area contributed by atoms with Crippen LogP contribution in [0.15, 0.2) is 42.5 Å². The number of nitrogens with two attached hydrogens (primary N) is 1. The van der Waals surface area contributed by atoms with E-state index in [4.69, 9.17) is 22.1 Å². The van der Waals surface area contributed by atoms with Crippen molar-refractivity contribution in [1.29, 1.82) is 0 Å². The first-order chi connectivity index (χ1) is 8.15. The number of nitrogen functional groups attached to an aromatic ring is 1. The summed E-state index contributed by atoms with van der Waals surface area (Å²) in [5.41, 5.74) is 7.26. The van der Waals surface area contributed by atoms with Crippen molar-refractivity contribution >= 4 is 17.3 Å². The van der Waals surface area contributed by atoms with Gasteiger partial charge in [0.2, 0.25) is 0 Å². The highest BCUT2D eigenvalue weighted by atomic mass is 35.5. The molecule has 0 spiro atoms. The predicted octanol–water partition coefficient (Wildman–Crippen LogP) is 3.21. The number of rotatable bonds is 3. The summed E-state index contributed by atoms with van der Waals surface area (Å²) in [4.78, 5) is 0. The molecule has 0 bridgehead atoms. The van der Waals surface area contributed by atoms with Crippen LogP contribution in [0.1, 0.15) is 5.56 Å². The average Bonchev–Trinajstić information content (AvgIpc) is 2.28. The van der Waals surface area contributed by atoms with E-state index in [0.717, 1.165) is 5.56 Å². The van der Waals surface area contributed by atoms with E-state index in [1.807, 2.05) is 6.07 Å². The van der Waals surface area contributed by atoms with Crippen LogP contribution in [0.4, 0.5) is 5.69 Å². The number of hydrogen-bond acceptors (Lipinski definition) is 3. The van der Waals surface area contributed by atoms with Crippen molar-refractivity contribution in [3.8, 4) is 11.5 Å². The van der Waals surface area contributed by atoms with Crippen molar-refractivity contribution in [3.05, 3.63) is 53.1 Å². The second kappa shape index (κ2) is 4.97. The van der Waals surface area contributed by atoms with Gasteiger partial charge in [0.15, 0.2) is 0 Å². The minimum Gasteiger partial charge on any atom is -0.508 e. The molecule has 0 atom stereocenters.